The highest BCUT2D eigenvalue weighted by molar-refractivity contribution is 7.16. The van der Waals surface area contributed by atoms with Gasteiger partial charge >= 0.3 is 11.8 Å². The van der Waals surface area contributed by atoms with E-state index in [1.807, 2.05) is 7.05 Å². The highest BCUT2D eigenvalue weighted by atomic mass is 32.1. The molecule has 1 aliphatic rings. The molecular weight excluding hydrogens is 304 g/mol. The second-order valence-corrected chi connectivity index (χ2v) is 6.18. The van der Waals surface area contributed by atoms with E-state index in [2.05, 4.69) is 20.5 Å². The van der Waals surface area contributed by atoms with E-state index in [0.29, 0.717) is 10.9 Å². The van der Waals surface area contributed by atoms with E-state index in [0.717, 1.165) is 30.1 Å². The van der Waals surface area contributed by atoms with Crippen LogP contribution in [0, 0.1) is 0 Å². The molecule has 0 aromatic carbocycles. The molecule has 8 heteroatoms. The van der Waals surface area contributed by atoms with Gasteiger partial charge in [0.05, 0.1) is 18.5 Å². The number of carbonyl (C=O) groups excluding carboxylic acids is 2. The van der Waals surface area contributed by atoms with Gasteiger partial charge in [-0.1, -0.05) is 0 Å². The Morgan fingerprint density at radius 1 is 1.45 bits per heavy atom. The molecule has 0 bridgehead atoms. The van der Waals surface area contributed by atoms with Crippen molar-refractivity contribution >= 4 is 28.3 Å². The average Bonchev–Trinajstić information content (AvgIpc) is 3.12. The molecule has 3 heterocycles. The zero-order chi connectivity index (χ0) is 15.5. The summed E-state index contributed by atoms with van der Waals surface area (Å²) >= 11 is 1.42. The number of furan rings is 1. The molecule has 2 amide bonds. The van der Waals surface area contributed by atoms with Crippen LogP contribution in [0.15, 0.2) is 22.8 Å². The van der Waals surface area contributed by atoms with Gasteiger partial charge in [0.2, 0.25) is 0 Å². The van der Waals surface area contributed by atoms with Gasteiger partial charge < -0.3 is 14.6 Å². The maximum Gasteiger partial charge on any atom is 0.315 e. The summed E-state index contributed by atoms with van der Waals surface area (Å²) in [5, 5.41) is 5.52. The SMILES string of the molecule is CN1CCc2nc(NC(=O)C(=O)NCc3ccco3)sc2C1. The van der Waals surface area contributed by atoms with Crippen LogP contribution in [-0.2, 0) is 29.1 Å². The van der Waals surface area contributed by atoms with Crippen molar-refractivity contribution in [3.8, 4) is 0 Å². The first-order valence-corrected chi connectivity index (χ1v) is 7.72. The molecule has 22 heavy (non-hydrogen) atoms. The first-order chi connectivity index (χ1) is 10.6. The van der Waals surface area contributed by atoms with Crippen molar-refractivity contribution in [2.45, 2.75) is 19.5 Å². The fourth-order valence-corrected chi connectivity index (χ4v) is 3.27. The quantitative estimate of drug-likeness (QED) is 0.823. The number of nitrogens with one attached hydrogen (secondary N) is 2. The number of likely N-dealkylation sites (N-methyl/N-ethyl adjacent to an activating group) is 1. The molecule has 0 atom stereocenters. The topological polar surface area (TPSA) is 87.5 Å². The number of hydrogen-bond donors (Lipinski definition) is 2. The summed E-state index contributed by atoms with van der Waals surface area (Å²) < 4.78 is 5.09. The van der Waals surface area contributed by atoms with E-state index in [4.69, 9.17) is 4.42 Å². The number of amides is 2. The van der Waals surface area contributed by atoms with Gasteiger partial charge in [-0.05, 0) is 19.2 Å². The minimum Gasteiger partial charge on any atom is -0.467 e. The molecule has 2 N–H and O–H groups in total. The lowest BCUT2D eigenvalue weighted by Crippen LogP contribution is -2.34. The predicted octanol–water partition coefficient (Wildman–Crippen LogP) is 0.979. The van der Waals surface area contributed by atoms with E-state index in [1.54, 1.807) is 12.1 Å². The maximum absolute atomic E-state index is 11.9. The number of nitrogens with zero attached hydrogens (tertiary/aromatic N) is 2. The van der Waals surface area contributed by atoms with Crippen molar-refractivity contribution in [2.75, 3.05) is 18.9 Å². The summed E-state index contributed by atoms with van der Waals surface area (Å²) in [4.78, 5) is 31.3. The standard InChI is InChI=1S/C14H16N4O3S/c1-18-5-4-10-11(8-18)22-14(16-10)17-13(20)12(19)15-7-9-3-2-6-21-9/h2-3,6H,4-5,7-8H2,1H3,(H,15,19)(H,16,17,20). The fourth-order valence-electron chi connectivity index (χ4n) is 2.19. The Kier molecular flexibility index (Phi) is 4.21. The van der Waals surface area contributed by atoms with Gasteiger partial charge in [-0.3, -0.25) is 14.9 Å². The average molecular weight is 320 g/mol. The normalized spacial score (nSPS) is 14.4. The zero-order valence-corrected chi connectivity index (χ0v) is 12.9. The molecule has 3 rings (SSSR count). The van der Waals surface area contributed by atoms with Gasteiger partial charge in [-0.15, -0.1) is 11.3 Å². The number of rotatable bonds is 3. The zero-order valence-electron chi connectivity index (χ0n) is 12.1. The molecule has 0 aliphatic carbocycles. The van der Waals surface area contributed by atoms with Crippen molar-refractivity contribution in [1.82, 2.24) is 15.2 Å². The third kappa shape index (κ3) is 3.34. The Bertz CT molecular complexity index is 680. The van der Waals surface area contributed by atoms with Crippen molar-refractivity contribution in [3.63, 3.8) is 0 Å². The lowest BCUT2D eigenvalue weighted by Gasteiger charge is -2.20. The third-order valence-corrected chi connectivity index (χ3v) is 4.35. The lowest BCUT2D eigenvalue weighted by molar-refractivity contribution is -0.136. The van der Waals surface area contributed by atoms with Crippen molar-refractivity contribution in [1.29, 1.82) is 0 Å². The molecule has 0 fully saturated rings. The number of fused-ring (bicyclic) bond motifs is 1. The van der Waals surface area contributed by atoms with E-state index >= 15 is 0 Å². The highest BCUT2D eigenvalue weighted by Gasteiger charge is 2.21. The molecule has 1 aliphatic heterocycles. The Morgan fingerprint density at radius 2 is 2.32 bits per heavy atom. The van der Waals surface area contributed by atoms with Crippen LogP contribution in [0.1, 0.15) is 16.3 Å². The van der Waals surface area contributed by atoms with Crippen LogP contribution in [0.3, 0.4) is 0 Å². The van der Waals surface area contributed by atoms with E-state index in [9.17, 15) is 9.59 Å². The molecule has 0 saturated heterocycles. The predicted molar refractivity (Wildman–Crippen MR) is 81.3 cm³/mol. The van der Waals surface area contributed by atoms with Gasteiger partial charge in [0, 0.05) is 24.4 Å². The Hall–Kier alpha value is -2.19. The van der Waals surface area contributed by atoms with E-state index < -0.39 is 11.8 Å². The van der Waals surface area contributed by atoms with Crippen LogP contribution in [0.2, 0.25) is 0 Å². The number of hydrogen-bond acceptors (Lipinski definition) is 6. The number of aromatic nitrogens is 1. The molecule has 116 valence electrons. The van der Waals surface area contributed by atoms with Crippen LogP contribution in [0.4, 0.5) is 5.13 Å². The van der Waals surface area contributed by atoms with E-state index in [1.165, 1.54) is 17.6 Å². The highest BCUT2D eigenvalue weighted by Crippen LogP contribution is 2.27. The van der Waals surface area contributed by atoms with Gasteiger partial charge in [-0.25, -0.2) is 4.98 Å². The molecule has 2 aromatic rings. The Balaban J connectivity index is 1.56. The monoisotopic (exact) mass is 320 g/mol. The summed E-state index contributed by atoms with van der Waals surface area (Å²) in [5.74, 6) is -0.832. The van der Waals surface area contributed by atoms with Crippen LogP contribution in [-0.4, -0.2) is 35.3 Å². The minimum absolute atomic E-state index is 0.179. The second-order valence-electron chi connectivity index (χ2n) is 5.09. The summed E-state index contributed by atoms with van der Waals surface area (Å²) in [6.07, 6.45) is 2.38. The summed E-state index contributed by atoms with van der Waals surface area (Å²) in [6.45, 7) is 1.96. The molecule has 0 spiro atoms. The molecule has 0 radical (unpaired) electrons. The number of anilines is 1. The summed E-state index contributed by atoms with van der Waals surface area (Å²) in [6, 6.07) is 3.45. The fraction of sp³-hybridized carbons (Fsp3) is 0.357. The molecular formula is C14H16N4O3S. The second kappa shape index (κ2) is 6.29. The summed E-state index contributed by atoms with van der Waals surface area (Å²) in [7, 11) is 2.04. The smallest absolute Gasteiger partial charge is 0.315 e. The van der Waals surface area contributed by atoms with Crippen molar-refractivity contribution < 1.29 is 14.0 Å². The first kappa shape index (κ1) is 14.7. The lowest BCUT2D eigenvalue weighted by atomic mass is 10.2. The number of thiazole rings is 1. The van der Waals surface area contributed by atoms with Crippen molar-refractivity contribution in [3.05, 3.63) is 34.7 Å². The first-order valence-electron chi connectivity index (χ1n) is 6.90. The largest absolute Gasteiger partial charge is 0.467 e. The van der Waals surface area contributed by atoms with Gasteiger partial charge in [0.15, 0.2) is 5.13 Å². The van der Waals surface area contributed by atoms with Crippen LogP contribution in [0.5, 0.6) is 0 Å². The van der Waals surface area contributed by atoms with Gasteiger partial charge in [0.1, 0.15) is 5.76 Å². The molecule has 0 unspecified atom stereocenters. The van der Waals surface area contributed by atoms with Crippen LogP contribution >= 0.6 is 11.3 Å². The summed E-state index contributed by atoms with van der Waals surface area (Å²) in [5.41, 5.74) is 1.01. The number of carbonyl (C=O) groups is 2. The Labute approximate surface area is 131 Å². The third-order valence-electron chi connectivity index (χ3n) is 3.35. The minimum atomic E-state index is -0.717. The molecule has 7 nitrogen and oxygen atoms in total. The van der Waals surface area contributed by atoms with Crippen LogP contribution < -0.4 is 10.6 Å². The van der Waals surface area contributed by atoms with Gasteiger partial charge in [-0.2, -0.15) is 0 Å². The molecule has 2 aromatic heterocycles. The van der Waals surface area contributed by atoms with Crippen LogP contribution in [0.25, 0.3) is 0 Å². The van der Waals surface area contributed by atoms with E-state index in [-0.39, 0.29) is 6.54 Å². The van der Waals surface area contributed by atoms with Gasteiger partial charge in [0.25, 0.3) is 0 Å². The Morgan fingerprint density at radius 3 is 3.09 bits per heavy atom. The maximum atomic E-state index is 11.9. The van der Waals surface area contributed by atoms with Crippen molar-refractivity contribution in [2.24, 2.45) is 0 Å². The molecule has 0 saturated carbocycles.